The van der Waals surface area contributed by atoms with Crippen molar-refractivity contribution in [1.82, 2.24) is 0 Å². The van der Waals surface area contributed by atoms with E-state index in [9.17, 15) is 14.4 Å². The summed E-state index contributed by atoms with van der Waals surface area (Å²) in [4.78, 5) is 38.3. The Labute approximate surface area is 453 Å². The van der Waals surface area contributed by atoms with Crippen molar-refractivity contribution < 1.29 is 28.6 Å². The van der Waals surface area contributed by atoms with Crippen molar-refractivity contribution in [2.45, 2.75) is 322 Å². The van der Waals surface area contributed by atoms with E-state index in [1.165, 1.54) is 173 Å². The molecule has 0 aromatic rings. The van der Waals surface area contributed by atoms with E-state index in [0.717, 1.165) is 103 Å². The summed E-state index contributed by atoms with van der Waals surface area (Å²) in [6.07, 6.45) is 79.0. The molecule has 0 amide bonds. The van der Waals surface area contributed by atoms with Crippen molar-refractivity contribution in [2.75, 3.05) is 13.2 Å². The van der Waals surface area contributed by atoms with Gasteiger partial charge in [0.05, 0.1) is 0 Å². The zero-order chi connectivity index (χ0) is 52.9. The van der Waals surface area contributed by atoms with E-state index < -0.39 is 6.10 Å². The fourth-order valence-electron chi connectivity index (χ4n) is 9.00. The Bertz CT molecular complexity index is 1360. The Kier molecular flexibility index (Phi) is 58.7. The third kappa shape index (κ3) is 59.6. The maximum Gasteiger partial charge on any atom is 0.306 e. The van der Waals surface area contributed by atoms with Crippen LogP contribution in [0.5, 0.6) is 0 Å². The van der Waals surface area contributed by atoms with Crippen LogP contribution in [0.1, 0.15) is 316 Å². The van der Waals surface area contributed by atoms with Gasteiger partial charge in [-0.3, -0.25) is 14.4 Å². The lowest BCUT2D eigenvalue weighted by Crippen LogP contribution is -2.30. The molecule has 6 nitrogen and oxygen atoms in total. The molecule has 0 spiro atoms. The zero-order valence-electron chi connectivity index (χ0n) is 48.4. The summed E-state index contributed by atoms with van der Waals surface area (Å²) in [5, 5.41) is 0. The molecule has 0 saturated carbocycles. The Hall–Kier alpha value is -3.15. The maximum absolute atomic E-state index is 12.9. The average molecular weight is 1020 g/mol. The lowest BCUT2D eigenvalue weighted by molar-refractivity contribution is -0.167. The van der Waals surface area contributed by atoms with Crippen LogP contribution >= 0.6 is 0 Å². The summed E-state index contributed by atoms with van der Waals surface area (Å²) in [5.74, 6) is -0.895. The van der Waals surface area contributed by atoms with Crippen molar-refractivity contribution in [2.24, 2.45) is 0 Å². The average Bonchev–Trinajstić information content (AvgIpc) is 3.39. The first kappa shape index (κ1) is 69.8. The van der Waals surface area contributed by atoms with Gasteiger partial charge in [-0.1, -0.05) is 280 Å². The molecule has 6 heteroatoms. The molecule has 0 bridgehead atoms. The summed E-state index contributed by atoms with van der Waals surface area (Å²) in [7, 11) is 0. The first-order valence-electron chi connectivity index (χ1n) is 31.4. The van der Waals surface area contributed by atoms with E-state index in [2.05, 4.69) is 93.7 Å². The van der Waals surface area contributed by atoms with Crippen LogP contribution < -0.4 is 0 Å². The first-order chi connectivity index (χ1) is 36.0. The molecule has 0 aromatic carbocycles. The van der Waals surface area contributed by atoms with Crippen LogP contribution in [0.4, 0.5) is 0 Å². The fraction of sp³-hybridized carbons (Fsp3) is 0.776. The smallest absolute Gasteiger partial charge is 0.306 e. The van der Waals surface area contributed by atoms with Gasteiger partial charge < -0.3 is 14.2 Å². The van der Waals surface area contributed by atoms with Crippen LogP contribution in [0.15, 0.2) is 72.9 Å². The molecular formula is C67H118O6. The minimum Gasteiger partial charge on any atom is -0.462 e. The fourth-order valence-corrected chi connectivity index (χ4v) is 9.00. The molecule has 0 aliphatic heterocycles. The Morgan fingerprint density at radius 2 is 0.534 bits per heavy atom. The lowest BCUT2D eigenvalue weighted by atomic mass is 10.0. The number of carbonyl (C=O) groups is 3. The van der Waals surface area contributed by atoms with Gasteiger partial charge in [0.15, 0.2) is 6.10 Å². The molecule has 0 N–H and O–H groups in total. The second kappa shape index (κ2) is 61.4. The Morgan fingerprint density at radius 1 is 0.288 bits per heavy atom. The van der Waals surface area contributed by atoms with E-state index in [-0.39, 0.29) is 31.1 Å². The second-order valence-electron chi connectivity index (χ2n) is 20.9. The van der Waals surface area contributed by atoms with Gasteiger partial charge in [0.1, 0.15) is 13.2 Å². The molecule has 0 aliphatic carbocycles. The highest BCUT2D eigenvalue weighted by atomic mass is 16.6. The van der Waals surface area contributed by atoms with Gasteiger partial charge in [0, 0.05) is 19.3 Å². The third-order valence-electron chi connectivity index (χ3n) is 13.7. The molecule has 0 aromatic heterocycles. The van der Waals surface area contributed by atoms with Crippen molar-refractivity contribution >= 4 is 17.9 Å². The van der Waals surface area contributed by atoms with Crippen LogP contribution in [0.2, 0.25) is 0 Å². The van der Waals surface area contributed by atoms with Gasteiger partial charge in [0.25, 0.3) is 0 Å². The summed E-state index contributed by atoms with van der Waals surface area (Å²) in [6, 6.07) is 0. The number of hydrogen-bond acceptors (Lipinski definition) is 6. The highest BCUT2D eigenvalue weighted by Crippen LogP contribution is 2.17. The molecule has 422 valence electrons. The maximum atomic E-state index is 12.9. The summed E-state index contributed by atoms with van der Waals surface area (Å²) in [5.41, 5.74) is 0. The number of esters is 3. The molecule has 1 atom stereocenters. The number of unbranched alkanes of at least 4 members (excludes halogenated alkanes) is 34. The standard InChI is InChI=1S/C67H118O6/c1-4-7-10-13-16-19-22-25-28-31-33-36-39-42-45-48-51-54-57-60-66(69)72-63-64(62-71-65(68)59-56-53-50-47-44-41-38-35-30-27-24-21-18-15-12-9-6-3)73-67(70)61-58-55-52-49-46-43-40-37-34-32-29-26-23-20-17-14-11-8-5-2/h9,12,16,18-19,21,25,27-28,30,38,41,64H,4-8,10-11,13-15,17,20,22-24,26,29,31-37,39-40,42-63H2,1-3H3/b12-9-,19-16-,21-18-,28-25-,30-27-,41-38-/t64-/m1/s1. The van der Waals surface area contributed by atoms with Crippen LogP contribution in [-0.4, -0.2) is 37.2 Å². The van der Waals surface area contributed by atoms with Crippen LogP contribution in [0, 0.1) is 0 Å². The zero-order valence-corrected chi connectivity index (χ0v) is 48.4. The van der Waals surface area contributed by atoms with Gasteiger partial charge in [0.2, 0.25) is 0 Å². The summed E-state index contributed by atoms with van der Waals surface area (Å²) in [6.45, 7) is 6.52. The van der Waals surface area contributed by atoms with Gasteiger partial charge in [-0.05, 0) is 89.9 Å². The SMILES string of the molecule is CC/C=C\C/C=C\C/C=C\C/C=C\CCCCCCC(=O)OC[C@H](COC(=O)CCCCCCCCCCC/C=C\C/C=C\CCCCC)OC(=O)CCCCCCCCCCCCCCCCCCCCC. The predicted molar refractivity (Wildman–Crippen MR) is 316 cm³/mol. The Morgan fingerprint density at radius 3 is 0.863 bits per heavy atom. The Balaban J connectivity index is 4.39. The molecular weight excluding hydrogens is 901 g/mol. The largest absolute Gasteiger partial charge is 0.462 e. The second-order valence-corrected chi connectivity index (χ2v) is 20.9. The highest BCUT2D eigenvalue weighted by Gasteiger charge is 2.19. The molecule has 0 saturated heterocycles. The number of carbonyl (C=O) groups excluding carboxylic acids is 3. The number of ether oxygens (including phenoxy) is 3. The van der Waals surface area contributed by atoms with Crippen molar-refractivity contribution in [1.29, 1.82) is 0 Å². The molecule has 0 unspecified atom stereocenters. The van der Waals surface area contributed by atoms with Crippen molar-refractivity contribution in [3.8, 4) is 0 Å². The number of hydrogen-bond donors (Lipinski definition) is 0. The predicted octanol–water partition coefficient (Wildman–Crippen LogP) is 21.3. The monoisotopic (exact) mass is 1020 g/mol. The van der Waals surface area contributed by atoms with Crippen LogP contribution in [-0.2, 0) is 28.6 Å². The summed E-state index contributed by atoms with van der Waals surface area (Å²) >= 11 is 0. The van der Waals surface area contributed by atoms with E-state index in [4.69, 9.17) is 14.2 Å². The van der Waals surface area contributed by atoms with Crippen LogP contribution in [0.25, 0.3) is 0 Å². The quantitative estimate of drug-likeness (QED) is 0.0261. The van der Waals surface area contributed by atoms with Crippen molar-refractivity contribution in [3.05, 3.63) is 72.9 Å². The van der Waals surface area contributed by atoms with Gasteiger partial charge >= 0.3 is 17.9 Å². The minimum atomic E-state index is -0.787. The van der Waals surface area contributed by atoms with Gasteiger partial charge in [-0.2, -0.15) is 0 Å². The molecule has 0 fully saturated rings. The molecule has 0 heterocycles. The van der Waals surface area contributed by atoms with Crippen LogP contribution in [0.3, 0.4) is 0 Å². The van der Waals surface area contributed by atoms with Crippen molar-refractivity contribution in [3.63, 3.8) is 0 Å². The van der Waals surface area contributed by atoms with E-state index in [0.29, 0.717) is 19.3 Å². The van der Waals surface area contributed by atoms with E-state index in [1.54, 1.807) is 0 Å². The van der Waals surface area contributed by atoms with E-state index >= 15 is 0 Å². The van der Waals surface area contributed by atoms with Gasteiger partial charge in [-0.15, -0.1) is 0 Å². The normalized spacial score (nSPS) is 12.5. The number of rotatable bonds is 57. The lowest BCUT2D eigenvalue weighted by Gasteiger charge is -2.18. The highest BCUT2D eigenvalue weighted by molar-refractivity contribution is 5.71. The molecule has 0 aliphatic rings. The molecule has 73 heavy (non-hydrogen) atoms. The third-order valence-corrected chi connectivity index (χ3v) is 13.7. The van der Waals surface area contributed by atoms with Gasteiger partial charge in [-0.25, -0.2) is 0 Å². The molecule has 0 radical (unpaired) electrons. The summed E-state index contributed by atoms with van der Waals surface area (Å²) < 4.78 is 16.9. The number of allylic oxidation sites excluding steroid dienone is 12. The minimum absolute atomic E-state index is 0.0830. The topological polar surface area (TPSA) is 78.9 Å². The first-order valence-corrected chi connectivity index (χ1v) is 31.4. The van der Waals surface area contributed by atoms with E-state index in [1.807, 2.05) is 0 Å². The molecule has 0 rings (SSSR count).